The largest absolute Gasteiger partial charge is 0.344 e. The van der Waals surface area contributed by atoms with Crippen LogP contribution in [0.25, 0.3) is 0 Å². The van der Waals surface area contributed by atoms with Gasteiger partial charge >= 0.3 is 0 Å². The van der Waals surface area contributed by atoms with Crippen molar-refractivity contribution < 1.29 is 28.9 Å². The molecular weight excluding hydrogens is 444 g/mol. The minimum absolute atomic E-state index is 0.0144. The second-order valence-corrected chi connectivity index (χ2v) is 8.49. The summed E-state index contributed by atoms with van der Waals surface area (Å²) in [6, 6.07) is 6.15. The number of non-ortho nitro benzene ring substituents is 2. The molecule has 1 aromatic carbocycles. The van der Waals surface area contributed by atoms with Gasteiger partial charge in [0.05, 0.1) is 44.8 Å². The Labute approximate surface area is 183 Å². The summed E-state index contributed by atoms with van der Waals surface area (Å²) in [6.45, 7) is 0.310. The molecule has 0 radical (unpaired) electrons. The number of nitro benzene ring substituents is 2. The van der Waals surface area contributed by atoms with Gasteiger partial charge < -0.3 is 9.47 Å². The Morgan fingerprint density at radius 3 is 2.50 bits per heavy atom. The Morgan fingerprint density at radius 1 is 1.16 bits per heavy atom. The van der Waals surface area contributed by atoms with Crippen LogP contribution >= 0.6 is 11.3 Å². The highest BCUT2D eigenvalue weighted by Crippen LogP contribution is 2.57. The summed E-state index contributed by atoms with van der Waals surface area (Å²) in [4.78, 5) is 46.5. The second kappa shape index (κ2) is 7.55. The van der Waals surface area contributed by atoms with Crippen molar-refractivity contribution >= 4 is 40.1 Å². The third kappa shape index (κ3) is 3.36. The highest BCUT2D eigenvalue weighted by Gasteiger charge is 2.67. The van der Waals surface area contributed by atoms with Crippen LogP contribution in [0.4, 0.5) is 11.4 Å². The number of nitro groups is 2. The van der Waals surface area contributed by atoms with E-state index in [4.69, 9.17) is 9.47 Å². The van der Waals surface area contributed by atoms with Crippen LogP contribution in [0.15, 0.2) is 40.8 Å². The maximum atomic E-state index is 12.9. The van der Waals surface area contributed by atoms with E-state index >= 15 is 0 Å². The van der Waals surface area contributed by atoms with Crippen LogP contribution in [0.5, 0.6) is 0 Å². The Morgan fingerprint density at radius 2 is 1.88 bits per heavy atom. The number of benzene rings is 1. The zero-order valence-electron chi connectivity index (χ0n) is 16.1. The molecule has 2 aliphatic heterocycles. The summed E-state index contributed by atoms with van der Waals surface area (Å²) in [5.41, 5.74) is 1.14. The van der Waals surface area contributed by atoms with E-state index < -0.39 is 33.4 Å². The molecule has 12 nitrogen and oxygen atoms in total. The average Bonchev–Trinajstić information content (AvgIpc) is 3.12. The number of hydrogen-bond acceptors (Lipinski definition) is 10. The first-order valence-electron chi connectivity index (χ1n) is 9.51. The van der Waals surface area contributed by atoms with Crippen molar-refractivity contribution in [3.63, 3.8) is 0 Å². The minimum Gasteiger partial charge on any atom is -0.344 e. The third-order valence-electron chi connectivity index (χ3n) is 5.74. The monoisotopic (exact) mass is 458 g/mol. The zero-order valence-corrected chi connectivity index (χ0v) is 16.9. The molecule has 5 atom stereocenters. The molecule has 0 unspecified atom stereocenters. The van der Waals surface area contributed by atoms with Crippen molar-refractivity contribution in [2.24, 2.45) is 22.9 Å². The molecule has 164 valence electrons. The quantitative estimate of drug-likeness (QED) is 0.391. The van der Waals surface area contributed by atoms with Crippen molar-refractivity contribution in [1.82, 2.24) is 5.43 Å². The number of carbonyl (C=O) groups is 2. The number of carbonyl (C=O) groups excluding carboxylic acids is 2. The van der Waals surface area contributed by atoms with E-state index in [2.05, 4.69) is 10.5 Å². The summed E-state index contributed by atoms with van der Waals surface area (Å²) in [5, 5.41) is 28.0. The van der Waals surface area contributed by atoms with Crippen LogP contribution < -0.4 is 5.43 Å². The summed E-state index contributed by atoms with van der Waals surface area (Å²) >= 11 is 1.35. The third-order valence-corrected chi connectivity index (χ3v) is 6.62. The molecule has 1 amide bonds. The summed E-state index contributed by atoms with van der Waals surface area (Å²) < 4.78 is 11.3. The van der Waals surface area contributed by atoms with Crippen molar-refractivity contribution in [1.29, 1.82) is 0 Å². The number of fused-ring (bicyclic) bond motifs is 4. The second-order valence-electron chi connectivity index (χ2n) is 7.54. The van der Waals surface area contributed by atoms with Crippen LogP contribution in [0.3, 0.4) is 0 Å². The summed E-state index contributed by atoms with van der Waals surface area (Å²) in [5.74, 6) is -1.59. The van der Waals surface area contributed by atoms with E-state index in [1.807, 2.05) is 5.38 Å². The van der Waals surface area contributed by atoms with Crippen molar-refractivity contribution in [3.8, 4) is 0 Å². The number of nitrogens with zero attached hydrogens (tertiary/aromatic N) is 3. The Bertz CT molecular complexity index is 1150. The zero-order chi connectivity index (χ0) is 22.6. The van der Waals surface area contributed by atoms with Gasteiger partial charge in [-0.05, 0) is 11.4 Å². The SMILES string of the molecule is O=C(N/N=C1/[C@@H]2OC[C@H](O2)[C@H]2[C@H](C(=O)c3cccs3)[C@@H]12)c1cc([N+](=O)[O-])cc([N+](=O)[O-])c1. The Hall–Kier alpha value is -3.55. The molecule has 2 bridgehead atoms. The number of ketones is 1. The fourth-order valence-electron chi connectivity index (χ4n) is 4.28. The first-order chi connectivity index (χ1) is 15.3. The van der Waals surface area contributed by atoms with Crippen LogP contribution in [0.1, 0.15) is 20.0 Å². The Kier molecular flexibility index (Phi) is 4.80. The van der Waals surface area contributed by atoms with Gasteiger partial charge in [0.25, 0.3) is 17.3 Å². The van der Waals surface area contributed by atoms with E-state index in [-0.39, 0.29) is 35.2 Å². The molecule has 0 spiro atoms. The molecule has 13 heteroatoms. The van der Waals surface area contributed by atoms with Gasteiger partial charge in [-0.25, -0.2) is 5.43 Å². The van der Waals surface area contributed by atoms with Crippen molar-refractivity contribution in [2.75, 3.05) is 6.61 Å². The fourth-order valence-corrected chi connectivity index (χ4v) is 4.99. The molecule has 3 heterocycles. The summed E-state index contributed by atoms with van der Waals surface area (Å²) in [7, 11) is 0. The first kappa shape index (κ1) is 20.4. The fraction of sp³-hybridized carbons (Fsp3) is 0.316. The Balaban J connectivity index is 1.39. The van der Waals surface area contributed by atoms with E-state index in [0.29, 0.717) is 17.2 Å². The van der Waals surface area contributed by atoms with Gasteiger partial charge in [-0.1, -0.05) is 6.07 Å². The van der Waals surface area contributed by atoms with Gasteiger partial charge in [0.2, 0.25) is 0 Å². The number of nitrogens with one attached hydrogen (secondary N) is 1. The molecule has 2 saturated heterocycles. The van der Waals surface area contributed by atoms with Crippen LogP contribution in [0.2, 0.25) is 0 Å². The molecule has 1 aromatic heterocycles. The standard InChI is InChI=1S/C19H14N4O8S/c24-17(12-2-1-3-32-12)15-13-11-7-30-19(31-11)16(14(13)15)20-21-18(25)8-4-9(22(26)27)6-10(5-8)23(28)29/h1-6,11,13-15,19H,7H2,(H,21,25)/b20-16+/t11-,13+,14-,15-,19+/m0/s1. The minimum atomic E-state index is -0.872. The predicted octanol–water partition coefficient (Wildman–Crippen LogP) is 2.15. The van der Waals surface area contributed by atoms with Gasteiger partial charge in [0.1, 0.15) is 0 Å². The van der Waals surface area contributed by atoms with Crippen molar-refractivity contribution in [3.05, 3.63) is 66.4 Å². The molecular formula is C19H14N4O8S. The summed E-state index contributed by atoms with van der Waals surface area (Å²) in [6.07, 6.45) is -1.03. The van der Waals surface area contributed by atoms with E-state index in [1.54, 1.807) is 12.1 Å². The molecule has 3 fully saturated rings. The highest BCUT2D eigenvalue weighted by molar-refractivity contribution is 7.12. The van der Waals surface area contributed by atoms with E-state index in [9.17, 15) is 29.8 Å². The molecule has 2 aromatic rings. The lowest BCUT2D eigenvalue weighted by atomic mass is 10.1. The molecule has 32 heavy (non-hydrogen) atoms. The molecule has 3 aliphatic rings. The number of amides is 1. The van der Waals surface area contributed by atoms with E-state index in [1.165, 1.54) is 11.3 Å². The molecule has 1 saturated carbocycles. The van der Waals surface area contributed by atoms with E-state index in [0.717, 1.165) is 18.2 Å². The lowest BCUT2D eigenvalue weighted by molar-refractivity contribution is -0.394. The molecule has 1 N–H and O–H groups in total. The maximum absolute atomic E-state index is 12.9. The first-order valence-corrected chi connectivity index (χ1v) is 10.4. The smallest absolute Gasteiger partial charge is 0.277 e. The topological polar surface area (TPSA) is 163 Å². The number of Topliss-reactive ketones (excluding diaryl/α,β-unsaturated/α-hetero) is 1. The maximum Gasteiger partial charge on any atom is 0.277 e. The number of ether oxygens (including phenoxy) is 2. The molecule has 1 aliphatic carbocycles. The van der Waals surface area contributed by atoms with Gasteiger partial charge in [-0.15, -0.1) is 11.3 Å². The van der Waals surface area contributed by atoms with Crippen LogP contribution in [-0.2, 0) is 9.47 Å². The van der Waals surface area contributed by atoms with Gasteiger partial charge in [-0.3, -0.25) is 29.8 Å². The number of thiophene rings is 1. The highest BCUT2D eigenvalue weighted by atomic mass is 32.1. The lowest BCUT2D eigenvalue weighted by Gasteiger charge is -2.18. The van der Waals surface area contributed by atoms with Crippen LogP contribution in [0, 0.1) is 38.0 Å². The van der Waals surface area contributed by atoms with Gasteiger partial charge in [0, 0.05) is 29.9 Å². The lowest BCUT2D eigenvalue weighted by Crippen LogP contribution is -2.33. The normalized spacial score (nSPS) is 28.8. The van der Waals surface area contributed by atoms with Crippen LogP contribution in [-0.4, -0.2) is 46.2 Å². The molecule has 5 rings (SSSR count). The average molecular weight is 458 g/mol. The van der Waals surface area contributed by atoms with Gasteiger partial charge in [-0.2, -0.15) is 5.10 Å². The number of hydrogen-bond donors (Lipinski definition) is 1. The predicted molar refractivity (Wildman–Crippen MR) is 108 cm³/mol. The van der Waals surface area contributed by atoms with Gasteiger partial charge in [0.15, 0.2) is 12.1 Å². The number of hydrazone groups is 1. The number of rotatable bonds is 6. The van der Waals surface area contributed by atoms with Crippen molar-refractivity contribution in [2.45, 2.75) is 12.4 Å².